The van der Waals surface area contributed by atoms with E-state index in [0.717, 1.165) is 30.2 Å². The summed E-state index contributed by atoms with van der Waals surface area (Å²) in [6, 6.07) is 1.97. The lowest BCUT2D eigenvalue weighted by atomic mass is 10.3. The molecule has 0 fully saturated rings. The van der Waals surface area contributed by atoms with Gasteiger partial charge in [0.05, 0.1) is 18.1 Å². The third-order valence-electron chi connectivity index (χ3n) is 2.49. The van der Waals surface area contributed by atoms with Gasteiger partial charge in [-0.15, -0.1) is 0 Å². The van der Waals surface area contributed by atoms with Gasteiger partial charge in [0.1, 0.15) is 11.5 Å². The predicted molar refractivity (Wildman–Crippen MR) is 67.9 cm³/mol. The minimum Gasteiger partial charge on any atom is -0.361 e. The Balaban J connectivity index is 2.38. The highest BCUT2D eigenvalue weighted by molar-refractivity contribution is 5.55. The van der Waals surface area contributed by atoms with Crippen molar-refractivity contribution in [3.8, 4) is 11.4 Å². The molecule has 0 saturated carbocycles. The van der Waals surface area contributed by atoms with Crippen LogP contribution in [0, 0.1) is 0 Å². The van der Waals surface area contributed by atoms with Gasteiger partial charge in [-0.3, -0.25) is 9.67 Å². The molecule has 2 aromatic rings. The SMILES string of the molecule is CCCn1nccc1-c1cncc(N(C)C)n1. The van der Waals surface area contributed by atoms with Gasteiger partial charge in [-0.05, 0) is 12.5 Å². The summed E-state index contributed by atoms with van der Waals surface area (Å²) in [5, 5.41) is 4.29. The molecule has 0 amide bonds. The molecule has 0 aliphatic carbocycles. The molecule has 0 atom stereocenters. The van der Waals surface area contributed by atoms with Crippen LogP contribution < -0.4 is 4.90 Å². The normalized spacial score (nSPS) is 10.5. The van der Waals surface area contributed by atoms with Crippen LogP contribution in [0.3, 0.4) is 0 Å². The molecule has 0 aliphatic heterocycles. The maximum atomic E-state index is 4.56. The van der Waals surface area contributed by atoms with Gasteiger partial charge >= 0.3 is 0 Å². The molecule has 0 aromatic carbocycles. The highest BCUT2D eigenvalue weighted by Crippen LogP contribution is 2.18. The summed E-state index contributed by atoms with van der Waals surface area (Å²) in [5.74, 6) is 0.853. The summed E-state index contributed by atoms with van der Waals surface area (Å²) in [5.41, 5.74) is 1.88. The average Bonchev–Trinajstić information content (AvgIpc) is 2.78. The zero-order valence-corrected chi connectivity index (χ0v) is 10.5. The van der Waals surface area contributed by atoms with Crippen molar-refractivity contribution in [2.45, 2.75) is 19.9 Å². The summed E-state index contributed by atoms with van der Waals surface area (Å²) >= 11 is 0. The van der Waals surface area contributed by atoms with Crippen molar-refractivity contribution in [1.82, 2.24) is 19.7 Å². The Morgan fingerprint density at radius 3 is 2.82 bits per heavy atom. The fourth-order valence-electron chi connectivity index (χ4n) is 1.63. The van der Waals surface area contributed by atoms with Crippen LogP contribution in [-0.2, 0) is 6.54 Å². The standard InChI is InChI=1S/C12H17N5/c1-4-7-17-11(5-6-14-17)10-8-13-9-12(15-10)16(2)3/h5-6,8-9H,4,7H2,1-3H3. The van der Waals surface area contributed by atoms with E-state index in [1.54, 1.807) is 18.6 Å². The Morgan fingerprint density at radius 1 is 1.29 bits per heavy atom. The Morgan fingerprint density at radius 2 is 2.12 bits per heavy atom. The second-order valence-electron chi connectivity index (χ2n) is 4.10. The van der Waals surface area contributed by atoms with Crippen molar-refractivity contribution in [2.24, 2.45) is 0 Å². The van der Waals surface area contributed by atoms with Crippen LogP contribution >= 0.6 is 0 Å². The minimum absolute atomic E-state index is 0.853. The van der Waals surface area contributed by atoms with Crippen molar-refractivity contribution in [3.05, 3.63) is 24.7 Å². The third kappa shape index (κ3) is 2.43. The van der Waals surface area contributed by atoms with Gasteiger partial charge in [0.2, 0.25) is 0 Å². The molecular weight excluding hydrogens is 214 g/mol. The highest BCUT2D eigenvalue weighted by atomic mass is 15.3. The second kappa shape index (κ2) is 4.95. The van der Waals surface area contributed by atoms with Crippen molar-refractivity contribution < 1.29 is 0 Å². The van der Waals surface area contributed by atoms with E-state index in [1.165, 1.54) is 0 Å². The largest absolute Gasteiger partial charge is 0.361 e. The molecule has 2 rings (SSSR count). The van der Waals surface area contributed by atoms with Gasteiger partial charge in [0, 0.05) is 26.8 Å². The zero-order valence-electron chi connectivity index (χ0n) is 10.5. The van der Waals surface area contributed by atoms with Crippen LogP contribution in [-0.4, -0.2) is 33.8 Å². The van der Waals surface area contributed by atoms with E-state index < -0.39 is 0 Å². The first-order valence-corrected chi connectivity index (χ1v) is 5.74. The van der Waals surface area contributed by atoms with E-state index in [2.05, 4.69) is 22.0 Å². The molecule has 5 heteroatoms. The van der Waals surface area contributed by atoms with E-state index in [-0.39, 0.29) is 0 Å². The van der Waals surface area contributed by atoms with Gasteiger partial charge in [-0.2, -0.15) is 5.10 Å². The highest BCUT2D eigenvalue weighted by Gasteiger charge is 2.08. The van der Waals surface area contributed by atoms with Crippen molar-refractivity contribution in [2.75, 3.05) is 19.0 Å². The van der Waals surface area contributed by atoms with Crippen LogP contribution in [0.5, 0.6) is 0 Å². The summed E-state index contributed by atoms with van der Waals surface area (Å²) in [4.78, 5) is 10.7. The monoisotopic (exact) mass is 231 g/mol. The first-order valence-electron chi connectivity index (χ1n) is 5.74. The van der Waals surface area contributed by atoms with Crippen LogP contribution in [0.25, 0.3) is 11.4 Å². The Labute approximate surface area is 101 Å². The van der Waals surface area contributed by atoms with E-state index in [1.807, 2.05) is 29.7 Å². The number of aromatic nitrogens is 4. The van der Waals surface area contributed by atoms with Gasteiger partial charge in [0.25, 0.3) is 0 Å². The van der Waals surface area contributed by atoms with E-state index in [0.29, 0.717) is 0 Å². The van der Waals surface area contributed by atoms with E-state index in [9.17, 15) is 0 Å². The molecule has 90 valence electrons. The smallest absolute Gasteiger partial charge is 0.147 e. The van der Waals surface area contributed by atoms with Crippen LogP contribution in [0.2, 0.25) is 0 Å². The van der Waals surface area contributed by atoms with Crippen molar-refractivity contribution in [3.63, 3.8) is 0 Å². The first-order chi connectivity index (χ1) is 8.22. The molecular formula is C12H17N5. The van der Waals surface area contributed by atoms with Crippen LogP contribution in [0.15, 0.2) is 24.7 Å². The Hall–Kier alpha value is -1.91. The lowest BCUT2D eigenvalue weighted by molar-refractivity contribution is 0.608. The molecule has 0 radical (unpaired) electrons. The number of aryl methyl sites for hydroxylation is 1. The molecule has 0 bridgehead atoms. The molecule has 0 spiro atoms. The average molecular weight is 231 g/mol. The predicted octanol–water partition coefficient (Wildman–Crippen LogP) is 1.82. The molecule has 0 N–H and O–H groups in total. The maximum Gasteiger partial charge on any atom is 0.147 e. The summed E-state index contributed by atoms with van der Waals surface area (Å²) < 4.78 is 1.96. The van der Waals surface area contributed by atoms with E-state index >= 15 is 0 Å². The minimum atomic E-state index is 0.853. The summed E-state index contributed by atoms with van der Waals surface area (Å²) in [6.07, 6.45) is 6.38. The van der Waals surface area contributed by atoms with Crippen LogP contribution in [0.4, 0.5) is 5.82 Å². The van der Waals surface area contributed by atoms with Gasteiger partial charge < -0.3 is 4.90 Å². The molecule has 0 unspecified atom stereocenters. The number of anilines is 1. The van der Waals surface area contributed by atoms with Crippen LogP contribution in [0.1, 0.15) is 13.3 Å². The van der Waals surface area contributed by atoms with Crippen molar-refractivity contribution in [1.29, 1.82) is 0 Å². The summed E-state index contributed by atoms with van der Waals surface area (Å²) in [6.45, 7) is 3.03. The topological polar surface area (TPSA) is 46.8 Å². The summed E-state index contributed by atoms with van der Waals surface area (Å²) in [7, 11) is 3.91. The number of hydrogen-bond donors (Lipinski definition) is 0. The Kier molecular flexibility index (Phi) is 3.37. The molecule has 5 nitrogen and oxygen atoms in total. The van der Waals surface area contributed by atoms with Gasteiger partial charge in [0.15, 0.2) is 0 Å². The zero-order chi connectivity index (χ0) is 12.3. The lowest BCUT2D eigenvalue weighted by Crippen LogP contribution is -2.11. The second-order valence-corrected chi connectivity index (χ2v) is 4.10. The van der Waals surface area contributed by atoms with Crippen molar-refractivity contribution >= 4 is 5.82 Å². The fourth-order valence-corrected chi connectivity index (χ4v) is 1.63. The quantitative estimate of drug-likeness (QED) is 0.805. The number of rotatable bonds is 4. The lowest BCUT2D eigenvalue weighted by Gasteiger charge is -2.12. The Bertz CT molecular complexity index is 489. The van der Waals surface area contributed by atoms with Gasteiger partial charge in [-0.1, -0.05) is 6.92 Å². The molecule has 0 saturated heterocycles. The third-order valence-corrected chi connectivity index (χ3v) is 2.49. The fraction of sp³-hybridized carbons (Fsp3) is 0.417. The molecule has 17 heavy (non-hydrogen) atoms. The van der Waals surface area contributed by atoms with Gasteiger partial charge in [-0.25, -0.2) is 4.98 Å². The maximum absolute atomic E-state index is 4.56. The molecule has 2 heterocycles. The molecule has 2 aromatic heterocycles. The van der Waals surface area contributed by atoms with E-state index in [4.69, 9.17) is 0 Å². The molecule has 0 aliphatic rings. The number of nitrogens with zero attached hydrogens (tertiary/aromatic N) is 5. The number of hydrogen-bond acceptors (Lipinski definition) is 4. The first kappa shape index (κ1) is 11.6.